The van der Waals surface area contributed by atoms with Crippen LogP contribution in [0.1, 0.15) is 30.4 Å². The molecule has 0 spiro atoms. The van der Waals surface area contributed by atoms with E-state index in [2.05, 4.69) is 22.1 Å². The molecule has 1 heterocycles. The smallest absolute Gasteiger partial charge is 0.237 e. The molecule has 1 amide bonds. The van der Waals surface area contributed by atoms with Gasteiger partial charge in [0.2, 0.25) is 5.91 Å². The Kier molecular flexibility index (Phi) is 5.79. The standard InChI is InChI=1S/C17H22N2O2/c1-18-17(21)16-6-2-3-11-19(16)13-15-9-7-14(8-10-15)5-4-12-20/h7-10,16,20H,2-3,6,11-13H2,1H3,(H,18,21). The van der Waals surface area contributed by atoms with E-state index in [0.717, 1.165) is 37.9 Å². The van der Waals surface area contributed by atoms with E-state index in [1.54, 1.807) is 7.05 Å². The number of hydrogen-bond acceptors (Lipinski definition) is 3. The molecule has 0 bridgehead atoms. The minimum atomic E-state index is -0.122. The third kappa shape index (κ3) is 4.32. The zero-order valence-electron chi connectivity index (χ0n) is 12.4. The van der Waals surface area contributed by atoms with Gasteiger partial charge in [0.25, 0.3) is 0 Å². The van der Waals surface area contributed by atoms with Gasteiger partial charge in [0.1, 0.15) is 6.61 Å². The molecule has 0 aromatic heterocycles. The van der Waals surface area contributed by atoms with Crippen LogP contribution in [-0.4, -0.2) is 42.2 Å². The number of aliphatic hydroxyl groups is 1. The zero-order valence-corrected chi connectivity index (χ0v) is 12.4. The number of carbonyl (C=O) groups excluding carboxylic acids is 1. The topological polar surface area (TPSA) is 52.6 Å². The number of nitrogens with zero attached hydrogens (tertiary/aromatic N) is 1. The maximum absolute atomic E-state index is 11.9. The number of rotatable bonds is 3. The summed E-state index contributed by atoms with van der Waals surface area (Å²) in [6.45, 7) is 1.62. The molecule has 0 radical (unpaired) electrons. The van der Waals surface area contributed by atoms with Crippen LogP contribution in [0.4, 0.5) is 0 Å². The van der Waals surface area contributed by atoms with Crippen molar-refractivity contribution in [2.75, 3.05) is 20.2 Å². The first kappa shape index (κ1) is 15.6. The van der Waals surface area contributed by atoms with E-state index in [9.17, 15) is 4.79 Å². The van der Waals surface area contributed by atoms with Crippen LogP contribution in [-0.2, 0) is 11.3 Å². The van der Waals surface area contributed by atoms with Crippen molar-refractivity contribution < 1.29 is 9.90 Å². The average Bonchev–Trinajstić information content (AvgIpc) is 2.54. The van der Waals surface area contributed by atoms with Crippen molar-refractivity contribution in [1.82, 2.24) is 10.2 Å². The highest BCUT2D eigenvalue weighted by atomic mass is 16.2. The van der Waals surface area contributed by atoms with Gasteiger partial charge in [0.05, 0.1) is 6.04 Å². The summed E-state index contributed by atoms with van der Waals surface area (Å²) in [6.07, 6.45) is 3.19. The second kappa shape index (κ2) is 7.82. The van der Waals surface area contributed by atoms with E-state index in [-0.39, 0.29) is 18.6 Å². The summed E-state index contributed by atoms with van der Waals surface area (Å²) >= 11 is 0. The van der Waals surface area contributed by atoms with Gasteiger partial charge in [-0.05, 0) is 37.1 Å². The molecule has 0 saturated carbocycles. The van der Waals surface area contributed by atoms with E-state index in [1.807, 2.05) is 24.3 Å². The number of aliphatic hydroxyl groups excluding tert-OH is 1. The minimum Gasteiger partial charge on any atom is -0.384 e. The molecule has 4 nitrogen and oxygen atoms in total. The zero-order chi connectivity index (χ0) is 15.1. The number of benzene rings is 1. The molecule has 2 rings (SSSR count). The highest BCUT2D eigenvalue weighted by Gasteiger charge is 2.27. The van der Waals surface area contributed by atoms with Gasteiger partial charge in [-0.1, -0.05) is 30.4 Å². The van der Waals surface area contributed by atoms with Crippen LogP contribution < -0.4 is 5.32 Å². The predicted octanol–water partition coefficient (Wildman–Crippen LogP) is 1.13. The Morgan fingerprint density at radius 1 is 1.38 bits per heavy atom. The number of piperidine rings is 1. The first-order valence-electron chi connectivity index (χ1n) is 7.39. The quantitative estimate of drug-likeness (QED) is 0.819. The molecule has 112 valence electrons. The summed E-state index contributed by atoms with van der Waals surface area (Å²) in [7, 11) is 1.70. The normalized spacial score (nSPS) is 18.7. The van der Waals surface area contributed by atoms with Crippen molar-refractivity contribution in [2.24, 2.45) is 0 Å². The van der Waals surface area contributed by atoms with Gasteiger partial charge in [-0.3, -0.25) is 9.69 Å². The van der Waals surface area contributed by atoms with Crippen LogP contribution in [0.2, 0.25) is 0 Å². The Morgan fingerprint density at radius 2 is 2.14 bits per heavy atom. The SMILES string of the molecule is CNC(=O)C1CCCCN1Cc1ccc(C#CCO)cc1. The number of likely N-dealkylation sites (tertiary alicyclic amines) is 1. The molecule has 1 unspecified atom stereocenters. The van der Waals surface area contributed by atoms with Crippen LogP contribution in [0, 0.1) is 11.8 Å². The van der Waals surface area contributed by atoms with Crippen LogP contribution >= 0.6 is 0 Å². The second-order valence-electron chi connectivity index (χ2n) is 5.25. The van der Waals surface area contributed by atoms with E-state index in [1.165, 1.54) is 5.56 Å². The summed E-state index contributed by atoms with van der Waals surface area (Å²) in [5.74, 6) is 5.63. The van der Waals surface area contributed by atoms with Crippen molar-refractivity contribution in [1.29, 1.82) is 0 Å². The number of amides is 1. The lowest BCUT2D eigenvalue weighted by Gasteiger charge is -2.34. The van der Waals surface area contributed by atoms with Gasteiger partial charge in [-0.15, -0.1) is 0 Å². The number of nitrogens with one attached hydrogen (secondary N) is 1. The fraction of sp³-hybridized carbons (Fsp3) is 0.471. The maximum atomic E-state index is 11.9. The van der Waals surface area contributed by atoms with Crippen molar-refractivity contribution in [3.05, 3.63) is 35.4 Å². The number of carbonyl (C=O) groups is 1. The number of likely N-dealkylation sites (N-methyl/N-ethyl adjacent to an activating group) is 1. The lowest BCUT2D eigenvalue weighted by molar-refractivity contribution is -0.127. The van der Waals surface area contributed by atoms with E-state index in [0.29, 0.717) is 0 Å². The van der Waals surface area contributed by atoms with E-state index >= 15 is 0 Å². The van der Waals surface area contributed by atoms with Crippen LogP contribution in [0.15, 0.2) is 24.3 Å². The first-order chi connectivity index (χ1) is 10.2. The van der Waals surface area contributed by atoms with Crippen LogP contribution in [0.3, 0.4) is 0 Å². The minimum absolute atomic E-state index is 0.0161. The Balaban J connectivity index is 2.03. The van der Waals surface area contributed by atoms with Crippen molar-refractivity contribution >= 4 is 5.91 Å². The molecule has 4 heteroatoms. The molecule has 1 atom stereocenters. The van der Waals surface area contributed by atoms with Crippen molar-refractivity contribution in [3.8, 4) is 11.8 Å². The molecule has 1 aliphatic heterocycles. The summed E-state index contributed by atoms with van der Waals surface area (Å²) in [4.78, 5) is 14.2. The lowest BCUT2D eigenvalue weighted by atomic mass is 10.00. The van der Waals surface area contributed by atoms with Gasteiger partial charge in [0, 0.05) is 19.2 Å². The molecule has 1 saturated heterocycles. The van der Waals surface area contributed by atoms with Crippen molar-refractivity contribution in [3.63, 3.8) is 0 Å². The molecule has 21 heavy (non-hydrogen) atoms. The fourth-order valence-electron chi connectivity index (χ4n) is 2.71. The van der Waals surface area contributed by atoms with Crippen LogP contribution in [0.25, 0.3) is 0 Å². The highest BCUT2D eigenvalue weighted by molar-refractivity contribution is 5.81. The van der Waals surface area contributed by atoms with Gasteiger partial charge in [-0.2, -0.15) is 0 Å². The lowest BCUT2D eigenvalue weighted by Crippen LogP contribution is -2.48. The first-order valence-corrected chi connectivity index (χ1v) is 7.39. The molecule has 1 aliphatic rings. The van der Waals surface area contributed by atoms with Gasteiger partial charge < -0.3 is 10.4 Å². The molecule has 1 aromatic rings. The molecular weight excluding hydrogens is 264 g/mol. The van der Waals surface area contributed by atoms with Gasteiger partial charge in [0.15, 0.2) is 0 Å². The van der Waals surface area contributed by atoms with Crippen LogP contribution in [0.5, 0.6) is 0 Å². The van der Waals surface area contributed by atoms with Gasteiger partial charge >= 0.3 is 0 Å². The summed E-state index contributed by atoms with van der Waals surface area (Å²) in [5, 5.41) is 11.4. The monoisotopic (exact) mass is 286 g/mol. The van der Waals surface area contributed by atoms with E-state index < -0.39 is 0 Å². The molecular formula is C17H22N2O2. The number of hydrogen-bond donors (Lipinski definition) is 2. The second-order valence-corrected chi connectivity index (χ2v) is 5.25. The molecule has 1 fully saturated rings. The largest absolute Gasteiger partial charge is 0.384 e. The summed E-state index contributed by atoms with van der Waals surface area (Å²) < 4.78 is 0. The predicted molar refractivity (Wildman–Crippen MR) is 82.5 cm³/mol. The van der Waals surface area contributed by atoms with E-state index in [4.69, 9.17) is 5.11 Å². The van der Waals surface area contributed by atoms with Crippen molar-refractivity contribution in [2.45, 2.75) is 31.8 Å². The molecule has 1 aromatic carbocycles. The highest BCUT2D eigenvalue weighted by Crippen LogP contribution is 2.20. The van der Waals surface area contributed by atoms with Gasteiger partial charge in [-0.25, -0.2) is 0 Å². The third-order valence-corrected chi connectivity index (χ3v) is 3.81. The fourth-order valence-corrected chi connectivity index (χ4v) is 2.71. The molecule has 0 aliphatic carbocycles. The average molecular weight is 286 g/mol. The summed E-state index contributed by atoms with van der Waals surface area (Å²) in [5.41, 5.74) is 2.08. The Morgan fingerprint density at radius 3 is 2.81 bits per heavy atom. The molecule has 2 N–H and O–H groups in total. The summed E-state index contributed by atoms with van der Waals surface area (Å²) in [6, 6.07) is 7.97. The Hall–Kier alpha value is -1.83. The third-order valence-electron chi connectivity index (χ3n) is 3.81. The Labute approximate surface area is 126 Å². The maximum Gasteiger partial charge on any atom is 0.237 e. The Bertz CT molecular complexity index is 528.